The van der Waals surface area contributed by atoms with Crippen LogP contribution in [0.5, 0.6) is 5.75 Å². The lowest BCUT2D eigenvalue weighted by Gasteiger charge is -2.04. The Hall–Kier alpha value is -3.74. The van der Waals surface area contributed by atoms with Crippen molar-refractivity contribution >= 4 is 11.3 Å². The summed E-state index contributed by atoms with van der Waals surface area (Å²) in [6.07, 6.45) is 1.70. The molecule has 7 nitrogen and oxygen atoms in total. The van der Waals surface area contributed by atoms with E-state index < -0.39 is 4.92 Å². The molecule has 0 saturated heterocycles. The number of nitro benzene ring substituents is 1. The van der Waals surface area contributed by atoms with Gasteiger partial charge in [-0.1, -0.05) is 0 Å². The van der Waals surface area contributed by atoms with E-state index >= 15 is 0 Å². The summed E-state index contributed by atoms with van der Waals surface area (Å²) in [4.78, 5) is 14.8. The largest absolute Gasteiger partial charge is 0.497 e. The van der Waals surface area contributed by atoms with Gasteiger partial charge in [0.05, 0.1) is 23.4 Å². The van der Waals surface area contributed by atoms with E-state index in [0.29, 0.717) is 5.65 Å². The first-order valence-electron chi connectivity index (χ1n) is 7.90. The van der Waals surface area contributed by atoms with E-state index in [-0.39, 0.29) is 5.69 Å². The Morgan fingerprint density at radius 1 is 1.00 bits per heavy atom. The summed E-state index contributed by atoms with van der Waals surface area (Å²) in [5, 5.41) is 15.5. The number of aromatic nitrogens is 3. The fourth-order valence-corrected chi connectivity index (χ4v) is 2.77. The molecular formula is C19H14N4O3. The van der Waals surface area contributed by atoms with Crippen molar-refractivity contribution in [2.24, 2.45) is 0 Å². The highest BCUT2D eigenvalue weighted by Gasteiger charge is 2.11. The molecule has 4 rings (SSSR count). The number of methoxy groups -OCH3 is 1. The van der Waals surface area contributed by atoms with E-state index in [0.717, 1.165) is 28.3 Å². The van der Waals surface area contributed by atoms with Crippen LogP contribution in [0.25, 0.3) is 28.2 Å². The van der Waals surface area contributed by atoms with Crippen LogP contribution in [0.15, 0.2) is 66.9 Å². The molecule has 0 atom stereocenters. The number of hydrogen-bond acceptors (Lipinski definition) is 5. The molecular weight excluding hydrogens is 332 g/mol. The second-order valence-corrected chi connectivity index (χ2v) is 5.66. The van der Waals surface area contributed by atoms with Crippen molar-refractivity contribution in [1.29, 1.82) is 0 Å². The van der Waals surface area contributed by atoms with Gasteiger partial charge in [0.1, 0.15) is 5.75 Å². The van der Waals surface area contributed by atoms with Gasteiger partial charge in [-0.15, -0.1) is 0 Å². The Morgan fingerprint density at radius 3 is 2.35 bits per heavy atom. The first-order chi connectivity index (χ1) is 12.7. The van der Waals surface area contributed by atoms with Crippen LogP contribution in [0.1, 0.15) is 0 Å². The van der Waals surface area contributed by atoms with E-state index in [1.54, 1.807) is 30.0 Å². The first-order valence-corrected chi connectivity index (χ1v) is 7.90. The zero-order valence-electron chi connectivity index (χ0n) is 13.9. The van der Waals surface area contributed by atoms with Gasteiger partial charge < -0.3 is 4.74 Å². The van der Waals surface area contributed by atoms with Gasteiger partial charge in [-0.05, 0) is 42.5 Å². The molecule has 0 aliphatic heterocycles. The number of non-ortho nitro benzene ring substituents is 1. The van der Waals surface area contributed by atoms with Crippen LogP contribution < -0.4 is 4.74 Å². The number of nitrogens with zero attached hydrogens (tertiary/aromatic N) is 4. The maximum Gasteiger partial charge on any atom is 0.269 e. The molecule has 128 valence electrons. The lowest BCUT2D eigenvalue weighted by molar-refractivity contribution is -0.384. The van der Waals surface area contributed by atoms with Crippen molar-refractivity contribution in [2.75, 3.05) is 7.11 Å². The van der Waals surface area contributed by atoms with Crippen LogP contribution in [0.2, 0.25) is 0 Å². The van der Waals surface area contributed by atoms with Gasteiger partial charge in [0.25, 0.3) is 5.69 Å². The summed E-state index contributed by atoms with van der Waals surface area (Å²) < 4.78 is 6.92. The lowest BCUT2D eigenvalue weighted by Crippen LogP contribution is -1.96. The zero-order chi connectivity index (χ0) is 18.1. The second-order valence-electron chi connectivity index (χ2n) is 5.66. The maximum atomic E-state index is 10.8. The van der Waals surface area contributed by atoms with E-state index in [9.17, 15) is 10.1 Å². The van der Waals surface area contributed by atoms with Gasteiger partial charge in [-0.3, -0.25) is 10.1 Å². The lowest BCUT2D eigenvalue weighted by atomic mass is 10.1. The molecule has 0 aliphatic carbocycles. The summed E-state index contributed by atoms with van der Waals surface area (Å²) in [6.45, 7) is 0. The van der Waals surface area contributed by atoms with Crippen molar-refractivity contribution in [2.45, 2.75) is 0 Å². The maximum absolute atomic E-state index is 10.8. The molecule has 0 N–H and O–H groups in total. The molecule has 0 fully saturated rings. The van der Waals surface area contributed by atoms with Crippen LogP contribution in [-0.4, -0.2) is 26.6 Å². The molecule has 0 unspecified atom stereocenters. The molecule has 2 heterocycles. The SMILES string of the molecule is COc1ccc(-c2cc3nccc(-c4ccc([N+](=O)[O-])cc4)n3n2)cc1. The van der Waals surface area contributed by atoms with Crippen molar-refractivity contribution in [3.8, 4) is 28.3 Å². The third-order valence-electron chi connectivity index (χ3n) is 4.12. The predicted molar refractivity (Wildman–Crippen MR) is 97.1 cm³/mol. The van der Waals surface area contributed by atoms with Crippen LogP contribution in [0, 0.1) is 10.1 Å². The number of fused-ring (bicyclic) bond motifs is 1. The van der Waals surface area contributed by atoms with Crippen molar-refractivity contribution < 1.29 is 9.66 Å². The topological polar surface area (TPSA) is 82.6 Å². The molecule has 0 radical (unpaired) electrons. The van der Waals surface area contributed by atoms with Gasteiger partial charge in [0, 0.05) is 35.5 Å². The minimum Gasteiger partial charge on any atom is -0.497 e. The third-order valence-corrected chi connectivity index (χ3v) is 4.12. The average Bonchev–Trinajstić information content (AvgIpc) is 3.12. The molecule has 4 aromatic rings. The Kier molecular flexibility index (Phi) is 3.81. The zero-order valence-corrected chi connectivity index (χ0v) is 13.9. The van der Waals surface area contributed by atoms with E-state index in [1.165, 1.54) is 12.1 Å². The van der Waals surface area contributed by atoms with E-state index in [2.05, 4.69) is 10.1 Å². The normalized spacial score (nSPS) is 10.8. The van der Waals surface area contributed by atoms with Gasteiger partial charge in [-0.25, -0.2) is 9.50 Å². The van der Waals surface area contributed by atoms with Gasteiger partial charge in [-0.2, -0.15) is 5.10 Å². The Bertz CT molecular complexity index is 1090. The minimum absolute atomic E-state index is 0.0541. The number of ether oxygens (including phenoxy) is 1. The molecule has 2 aromatic carbocycles. The number of benzene rings is 2. The summed E-state index contributed by atoms with van der Waals surface area (Å²) in [5.41, 5.74) is 4.13. The monoisotopic (exact) mass is 346 g/mol. The molecule has 0 saturated carbocycles. The molecule has 0 amide bonds. The van der Waals surface area contributed by atoms with Crippen molar-refractivity contribution in [3.05, 3.63) is 77.0 Å². The quantitative estimate of drug-likeness (QED) is 0.412. The van der Waals surface area contributed by atoms with Crippen LogP contribution in [-0.2, 0) is 0 Å². The van der Waals surface area contributed by atoms with E-state index in [1.807, 2.05) is 36.4 Å². The highest BCUT2D eigenvalue weighted by Crippen LogP contribution is 2.26. The minimum atomic E-state index is -0.415. The summed E-state index contributed by atoms with van der Waals surface area (Å²) in [5.74, 6) is 0.780. The number of rotatable bonds is 4. The van der Waals surface area contributed by atoms with E-state index in [4.69, 9.17) is 4.74 Å². The first kappa shape index (κ1) is 15.8. The smallest absolute Gasteiger partial charge is 0.269 e. The highest BCUT2D eigenvalue weighted by molar-refractivity contribution is 5.69. The van der Waals surface area contributed by atoms with Crippen LogP contribution in [0.3, 0.4) is 0 Å². The number of hydrogen-bond donors (Lipinski definition) is 0. The standard InChI is InChI=1S/C19H14N4O3/c1-26-16-8-4-13(5-9-16)17-12-19-20-11-10-18(22(19)21-17)14-2-6-15(7-3-14)23(24)25/h2-12H,1H3. The Labute approximate surface area is 148 Å². The molecule has 0 aliphatic rings. The highest BCUT2D eigenvalue weighted by atomic mass is 16.6. The Morgan fingerprint density at radius 2 is 1.69 bits per heavy atom. The van der Waals surface area contributed by atoms with Crippen molar-refractivity contribution in [1.82, 2.24) is 14.6 Å². The average molecular weight is 346 g/mol. The molecule has 7 heteroatoms. The summed E-state index contributed by atoms with van der Waals surface area (Å²) >= 11 is 0. The molecule has 0 spiro atoms. The van der Waals surface area contributed by atoms with Gasteiger partial charge >= 0.3 is 0 Å². The molecule has 26 heavy (non-hydrogen) atoms. The fourth-order valence-electron chi connectivity index (χ4n) is 2.77. The second kappa shape index (κ2) is 6.29. The van der Waals surface area contributed by atoms with Crippen molar-refractivity contribution in [3.63, 3.8) is 0 Å². The third kappa shape index (κ3) is 2.75. The predicted octanol–water partition coefficient (Wildman–Crippen LogP) is 3.98. The number of nitro groups is 1. The van der Waals surface area contributed by atoms with Gasteiger partial charge in [0.2, 0.25) is 0 Å². The fraction of sp³-hybridized carbons (Fsp3) is 0.0526. The van der Waals surface area contributed by atoms with Crippen LogP contribution in [0.4, 0.5) is 5.69 Å². The van der Waals surface area contributed by atoms with Crippen LogP contribution >= 0.6 is 0 Å². The molecule has 2 aromatic heterocycles. The van der Waals surface area contributed by atoms with Gasteiger partial charge in [0.15, 0.2) is 5.65 Å². The molecule has 0 bridgehead atoms. The summed E-state index contributed by atoms with van der Waals surface area (Å²) in [6, 6.07) is 17.7. The summed E-state index contributed by atoms with van der Waals surface area (Å²) in [7, 11) is 1.63. The Balaban J connectivity index is 1.79.